The molecule has 4 aromatic rings. The van der Waals surface area contributed by atoms with Gasteiger partial charge in [0.05, 0.1) is 0 Å². The van der Waals surface area contributed by atoms with Crippen LogP contribution in [0.3, 0.4) is 0 Å². The Morgan fingerprint density at radius 3 is 1.23 bits per heavy atom. The molecule has 2 atom stereocenters. The van der Waals surface area contributed by atoms with Crippen LogP contribution >= 0.6 is 15.1 Å². The number of rotatable bonds is 7. The zero-order valence-electron chi connectivity index (χ0n) is 18.0. The molecule has 0 amide bonds. The Bertz CT molecular complexity index is 1050. The van der Waals surface area contributed by atoms with E-state index in [9.17, 15) is 4.57 Å². The molecule has 0 aliphatic carbocycles. The third-order valence-corrected chi connectivity index (χ3v) is 13.0. The number of hydrogen-bond acceptors (Lipinski definition) is 1. The van der Waals surface area contributed by atoms with Gasteiger partial charge in [-0.15, -0.1) is 0 Å². The molecule has 0 aromatic heterocycles. The summed E-state index contributed by atoms with van der Waals surface area (Å²) < 4.78 is 14.9. The molecule has 0 aliphatic rings. The normalized spacial score (nSPS) is 13.6. The van der Waals surface area contributed by atoms with E-state index in [-0.39, 0.29) is 11.3 Å². The summed E-state index contributed by atoms with van der Waals surface area (Å²) in [7, 11) is -3.52. The Balaban J connectivity index is 1.84. The van der Waals surface area contributed by atoms with E-state index in [1.54, 1.807) is 0 Å². The first-order valence-electron chi connectivity index (χ1n) is 10.7. The summed E-state index contributed by atoms with van der Waals surface area (Å²) in [5.41, 5.74) is 0.217. The van der Waals surface area contributed by atoms with Crippen LogP contribution in [0, 0.1) is 0 Å². The van der Waals surface area contributed by atoms with Crippen LogP contribution in [0.2, 0.25) is 0 Å². The summed E-state index contributed by atoms with van der Waals surface area (Å²) >= 11 is 0. The molecule has 31 heavy (non-hydrogen) atoms. The first-order chi connectivity index (χ1) is 15.1. The molecule has 0 heterocycles. The van der Waals surface area contributed by atoms with Gasteiger partial charge in [0.2, 0.25) is 0 Å². The quantitative estimate of drug-likeness (QED) is 0.325. The molecule has 156 valence electrons. The molecule has 0 radical (unpaired) electrons. The van der Waals surface area contributed by atoms with Crippen LogP contribution in [0.15, 0.2) is 121 Å². The molecule has 0 aliphatic heterocycles. The monoisotopic (exact) mass is 442 g/mol. The van der Waals surface area contributed by atoms with E-state index < -0.39 is 15.1 Å². The van der Waals surface area contributed by atoms with Gasteiger partial charge in [-0.3, -0.25) is 0 Å². The maximum absolute atomic E-state index is 14.9. The minimum Gasteiger partial charge on any atom is -0.313 e. The number of benzene rings is 4. The minimum absolute atomic E-state index is 0.0103. The van der Waals surface area contributed by atoms with Gasteiger partial charge in [-0.1, -0.05) is 135 Å². The van der Waals surface area contributed by atoms with E-state index in [1.165, 1.54) is 10.6 Å². The smallest absolute Gasteiger partial charge is 0.146 e. The molecule has 0 saturated heterocycles. The molecular weight excluding hydrogens is 414 g/mol. The highest BCUT2D eigenvalue weighted by atomic mass is 31.2. The summed E-state index contributed by atoms with van der Waals surface area (Å²) in [6.07, 6.45) is 0. The Hall–Kier alpha value is -2.46. The Kier molecular flexibility index (Phi) is 6.86. The molecule has 2 unspecified atom stereocenters. The molecule has 0 N–H and O–H groups in total. The predicted octanol–water partition coefficient (Wildman–Crippen LogP) is 5.91. The molecular formula is C28H28OP2. The lowest BCUT2D eigenvalue weighted by molar-refractivity contribution is 0.578. The number of hydrogen-bond donors (Lipinski definition) is 0. The summed E-state index contributed by atoms with van der Waals surface area (Å²) in [5, 5.41) is 4.54. The third-order valence-electron chi connectivity index (χ3n) is 6.03. The first-order valence-corrected chi connectivity index (χ1v) is 13.9. The summed E-state index contributed by atoms with van der Waals surface area (Å²) in [4.78, 5) is 0. The highest BCUT2D eigenvalue weighted by Crippen LogP contribution is 2.56. The van der Waals surface area contributed by atoms with E-state index in [4.69, 9.17) is 0 Å². The van der Waals surface area contributed by atoms with Gasteiger partial charge in [0.1, 0.15) is 7.14 Å². The Morgan fingerprint density at radius 2 is 0.871 bits per heavy atom. The second-order valence-corrected chi connectivity index (χ2v) is 13.6. The molecule has 4 aromatic carbocycles. The van der Waals surface area contributed by atoms with Crippen molar-refractivity contribution in [3.63, 3.8) is 0 Å². The van der Waals surface area contributed by atoms with Crippen molar-refractivity contribution in [3.05, 3.63) is 121 Å². The SMILES string of the molecule is CC(C(C)P(=O)(c1ccccc1)c1ccccc1)P(c1ccccc1)c1ccccc1. The average Bonchev–Trinajstić information content (AvgIpc) is 2.85. The van der Waals surface area contributed by atoms with Crippen LogP contribution in [0.5, 0.6) is 0 Å². The maximum Gasteiger partial charge on any atom is 0.146 e. The van der Waals surface area contributed by atoms with E-state index in [0.29, 0.717) is 0 Å². The fourth-order valence-electron chi connectivity index (χ4n) is 4.23. The molecule has 0 saturated carbocycles. The van der Waals surface area contributed by atoms with Crippen LogP contribution in [0.25, 0.3) is 0 Å². The van der Waals surface area contributed by atoms with Crippen molar-refractivity contribution in [2.24, 2.45) is 0 Å². The average molecular weight is 442 g/mol. The van der Waals surface area contributed by atoms with Crippen molar-refractivity contribution in [1.29, 1.82) is 0 Å². The van der Waals surface area contributed by atoms with Crippen molar-refractivity contribution < 1.29 is 4.57 Å². The molecule has 3 heteroatoms. The molecule has 1 nitrogen and oxygen atoms in total. The van der Waals surface area contributed by atoms with Gasteiger partial charge in [-0.05, 0) is 24.2 Å². The van der Waals surface area contributed by atoms with Crippen LogP contribution in [-0.2, 0) is 4.57 Å². The largest absolute Gasteiger partial charge is 0.313 e. The highest BCUT2D eigenvalue weighted by Gasteiger charge is 2.40. The molecule has 4 rings (SSSR count). The summed E-state index contributed by atoms with van der Waals surface area (Å²) in [6.45, 7) is 4.47. The molecule has 0 bridgehead atoms. The third kappa shape index (κ3) is 4.45. The zero-order chi connectivity index (χ0) is 21.7. The standard InChI is InChI=1S/C28H28OP2/c1-23(30(25-15-7-3-8-16-25)26-17-9-4-10-18-26)24(2)31(29,27-19-11-5-12-20-27)28-21-13-6-14-22-28/h3-24H,1-2H3. The van der Waals surface area contributed by atoms with Crippen molar-refractivity contribution >= 4 is 36.3 Å². The minimum atomic E-state index is -2.85. The van der Waals surface area contributed by atoms with Crippen LogP contribution in [-0.4, -0.2) is 11.3 Å². The van der Waals surface area contributed by atoms with Gasteiger partial charge in [-0.25, -0.2) is 0 Å². The molecule has 0 spiro atoms. The van der Waals surface area contributed by atoms with E-state index >= 15 is 0 Å². The summed E-state index contributed by atoms with van der Waals surface area (Å²) in [6, 6.07) is 41.6. The van der Waals surface area contributed by atoms with Crippen LogP contribution in [0.1, 0.15) is 13.8 Å². The molecule has 0 fully saturated rings. The lowest BCUT2D eigenvalue weighted by atomic mass is 10.3. The van der Waals surface area contributed by atoms with Crippen LogP contribution in [0.4, 0.5) is 0 Å². The lowest BCUT2D eigenvalue weighted by Gasteiger charge is -2.35. The van der Waals surface area contributed by atoms with Crippen molar-refractivity contribution in [2.45, 2.75) is 25.2 Å². The van der Waals surface area contributed by atoms with Crippen LogP contribution < -0.4 is 21.2 Å². The van der Waals surface area contributed by atoms with Gasteiger partial charge >= 0.3 is 0 Å². The maximum atomic E-state index is 14.9. The van der Waals surface area contributed by atoms with Gasteiger partial charge in [0, 0.05) is 16.3 Å². The van der Waals surface area contributed by atoms with E-state index in [0.717, 1.165) is 10.6 Å². The Labute approximate surface area is 187 Å². The van der Waals surface area contributed by atoms with Crippen molar-refractivity contribution in [3.8, 4) is 0 Å². The highest BCUT2D eigenvalue weighted by molar-refractivity contribution is 7.81. The Morgan fingerprint density at radius 1 is 0.548 bits per heavy atom. The first kappa shape index (κ1) is 21.8. The van der Waals surface area contributed by atoms with Crippen molar-refractivity contribution in [2.75, 3.05) is 0 Å². The van der Waals surface area contributed by atoms with Gasteiger partial charge in [0.25, 0.3) is 0 Å². The lowest BCUT2D eigenvalue weighted by Crippen LogP contribution is -2.34. The second-order valence-electron chi connectivity index (χ2n) is 7.85. The van der Waals surface area contributed by atoms with Crippen molar-refractivity contribution in [1.82, 2.24) is 0 Å². The topological polar surface area (TPSA) is 17.1 Å². The second kappa shape index (κ2) is 9.78. The fraction of sp³-hybridized carbons (Fsp3) is 0.143. The predicted molar refractivity (Wildman–Crippen MR) is 138 cm³/mol. The van der Waals surface area contributed by atoms with Gasteiger partial charge in [0.15, 0.2) is 0 Å². The summed E-state index contributed by atoms with van der Waals surface area (Å²) in [5.74, 6) is 0. The van der Waals surface area contributed by atoms with Gasteiger partial charge in [-0.2, -0.15) is 0 Å². The fourth-order valence-corrected chi connectivity index (χ4v) is 10.9. The zero-order valence-corrected chi connectivity index (χ0v) is 19.8. The van der Waals surface area contributed by atoms with Gasteiger partial charge < -0.3 is 4.57 Å². The van der Waals surface area contributed by atoms with E-state index in [2.05, 4.69) is 74.5 Å². The van der Waals surface area contributed by atoms with E-state index in [1.807, 2.05) is 60.7 Å².